The van der Waals surface area contributed by atoms with Crippen molar-refractivity contribution in [2.24, 2.45) is 0 Å². The molecule has 2 heterocycles. The molecule has 24 heavy (non-hydrogen) atoms. The Morgan fingerprint density at radius 1 is 1.21 bits per heavy atom. The lowest BCUT2D eigenvalue weighted by Crippen LogP contribution is -2.29. The summed E-state index contributed by atoms with van der Waals surface area (Å²) < 4.78 is 0. The van der Waals surface area contributed by atoms with Gasteiger partial charge in [-0.05, 0) is 38.1 Å². The van der Waals surface area contributed by atoms with Gasteiger partial charge in [0.1, 0.15) is 0 Å². The number of aromatic nitrogens is 1. The number of nitrogens with one attached hydrogen (secondary N) is 2. The minimum atomic E-state index is -0.699. The molecule has 6 nitrogen and oxygen atoms in total. The van der Waals surface area contributed by atoms with Gasteiger partial charge in [-0.2, -0.15) is 0 Å². The van der Waals surface area contributed by atoms with Crippen LogP contribution in [0.25, 0.3) is 0 Å². The van der Waals surface area contributed by atoms with Crippen LogP contribution in [0.2, 0.25) is 0 Å². The molecule has 1 aliphatic heterocycles. The van der Waals surface area contributed by atoms with E-state index in [0.29, 0.717) is 10.8 Å². The van der Waals surface area contributed by atoms with Crippen molar-refractivity contribution in [2.75, 3.05) is 24.2 Å². The second-order valence-electron chi connectivity index (χ2n) is 6.10. The molecule has 7 heteroatoms. The zero-order chi connectivity index (χ0) is 17.3. The van der Waals surface area contributed by atoms with E-state index in [0.717, 1.165) is 41.2 Å². The zero-order valence-corrected chi connectivity index (χ0v) is 14.8. The van der Waals surface area contributed by atoms with Gasteiger partial charge in [-0.15, -0.1) is 11.3 Å². The Morgan fingerprint density at radius 3 is 2.75 bits per heavy atom. The highest BCUT2D eigenvalue weighted by Crippen LogP contribution is 2.27. The van der Waals surface area contributed by atoms with Crippen LogP contribution in [0, 0.1) is 13.8 Å². The second kappa shape index (κ2) is 6.70. The Bertz CT molecular complexity index is 800. The summed E-state index contributed by atoms with van der Waals surface area (Å²) in [6.45, 7) is 5.61. The lowest BCUT2D eigenvalue weighted by Gasteiger charge is -2.20. The number of thiazole rings is 1. The third-order valence-corrected chi connectivity index (χ3v) is 4.99. The van der Waals surface area contributed by atoms with E-state index in [2.05, 4.69) is 27.6 Å². The molecule has 2 N–H and O–H groups in total. The molecule has 0 saturated carbocycles. The molecule has 0 radical (unpaired) electrons. The van der Waals surface area contributed by atoms with Gasteiger partial charge < -0.3 is 10.2 Å². The highest BCUT2D eigenvalue weighted by Gasteiger charge is 2.21. The summed E-state index contributed by atoms with van der Waals surface area (Å²) in [6.07, 6.45) is 0.868. The number of nitrogens with zero attached hydrogens (tertiary/aromatic N) is 2. The Kier molecular flexibility index (Phi) is 4.64. The van der Waals surface area contributed by atoms with Crippen LogP contribution in [-0.2, 0) is 22.6 Å². The highest BCUT2D eigenvalue weighted by molar-refractivity contribution is 7.16. The van der Waals surface area contributed by atoms with Crippen LogP contribution in [0.5, 0.6) is 0 Å². The lowest BCUT2D eigenvalue weighted by atomic mass is 10.1. The number of hydrogen-bond donors (Lipinski definition) is 2. The fraction of sp³-hybridized carbons (Fsp3) is 0.353. The van der Waals surface area contributed by atoms with E-state index in [1.165, 1.54) is 11.3 Å². The molecule has 1 aromatic carbocycles. The number of likely N-dealkylation sites (N-methyl/N-ethyl adjacent to an activating group) is 1. The Balaban J connectivity index is 1.66. The number of benzene rings is 1. The zero-order valence-electron chi connectivity index (χ0n) is 14.0. The second-order valence-corrected chi connectivity index (χ2v) is 7.19. The fourth-order valence-corrected chi connectivity index (χ4v) is 3.66. The van der Waals surface area contributed by atoms with Crippen molar-refractivity contribution in [3.63, 3.8) is 0 Å². The van der Waals surface area contributed by atoms with Crippen molar-refractivity contribution in [1.29, 1.82) is 0 Å². The van der Waals surface area contributed by atoms with Crippen LogP contribution in [0.1, 0.15) is 21.7 Å². The van der Waals surface area contributed by atoms with E-state index >= 15 is 0 Å². The van der Waals surface area contributed by atoms with Gasteiger partial charge in [0.15, 0.2) is 5.13 Å². The maximum atomic E-state index is 12.1. The van der Waals surface area contributed by atoms with Crippen molar-refractivity contribution in [3.05, 3.63) is 39.9 Å². The third-order valence-electron chi connectivity index (χ3n) is 3.99. The molecule has 126 valence electrons. The summed E-state index contributed by atoms with van der Waals surface area (Å²) in [6, 6.07) is 5.72. The molecule has 0 atom stereocenters. The van der Waals surface area contributed by atoms with Gasteiger partial charge in [0.2, 0.25) is 0 Å². The summed E-state index contributed by atoms with van der Waals surface area (Å²) >= 11 is 1.43. The van der Waals surface area contributed by atoms with Crippen LogP contribution in [0.15, 0.2) is 18.2 Å². The normalized spacial score (nSPS) is 14.1. The van der Waals surface area contributed by atoms with Crippen molar-refractivity contribution in [2.45, 2.75) is 26.8 Å². The number of anilines is 2. The van der Waals surface area contributed by atoms with Crippen LogP contribution < -0.4 is 10.6 Å². The van der Waals surface area contributed by atoms with E-state index < -0.39 is 11.8 Å². The molecule has 1 aromatic heterocycles. The summed E-state index contributed by atoms with van der Waals surface area (Å²) in [5.74, 6) is -1.38. The molecule has 0 aliphatic carbocycles. The lowest BCUT2D eigenvalue weighted by molar-refractivity contribution is -0.133. The number of fused-ring (bicyclic) bond motifs is 1. The summed E-state index contributed by atoms with van der Waals surface area (Å²) in [5.41, 5.74) is 3.60. The first-order valence-electron chi connectivity index (χ1n) is 7.79. The Hall–Kier alpha value is -2.25. The van der Waals surface area contributed by atoms with Gasteiger partial charge in [-0.1, -0.05) is 12.1 Å². The first-order chi connectivity index (χ1) is 11.4. The molecule has 0 spiro atoms. The number of carbonyl (C=O) groups is 2. The van der Waals surface area contributed by atoms with E-state index in [1.54, 1.807) is 0 Å². The van der Waals surface area contributed by atoms with Crippen LogP contribution in [-0.4, -0.2) is 35.3 Å². The summed E-state index contributed by atoms with van der Waals surface area (Å²) in [7, 11) is 2.05. The fourth-order valence-electron chi connectivity index (χ4n) is 2.58. The van der Waals surface area contributed by atoms with Crippen molar-refractivity contribution >= 4 is 34.0 Å². The third kappa shape index (κ3) is 3.63. The minimum absolute atomic E-state index is 0.483. The van der Waals surface area contributed by atoms with Gasteiger partial charge >= 0.3 is 11.8 Å². The first kappa shape index (κ1) is 16.6. The first-order valence-corrected chi connectivity index (χ1v) is 8.61. The predicted octanol–water partition coefficient (Wildman–Crippen LogP) is 2.33. The number of rotatable bonds is 2. The average molecular weight is 344 g/mol. The molecular formula is C17H20N4O2S. The van der Waals surface area contributed by atoms with E-state index in [1.807, 2.05) is 32.0 Å². The summed E-state index contributed by atoms with van der Waals surface area (Å²) in [4.78, 5) is 32.0. The largest absolute Gasteiger partial charge is 0.318 e. The standard InChI is InChI=1S/C17H20N4O2S/c1-10-4-5-11(2)13(8-10)18-15(22)16(23)20-17-19-12-6-7-21(3)9-14(12)24-17/h4-5,8H,6-7,9H2,1-3H3,(H,18,22)(H,19,20,23). The monoisotopic (exact) mass is 344 g/mol. The average Bonchev–Trinajstić information content (AvgIpc) is 2.92. The van der Waals surface area contributed by atoms with Gasteiger partial charge in [-0.3, -0.25) is 14.9 Å². The SMILES string of the molecule is Cc1ccc(C)c(NC(=O)C(=O)Nc2nc3c(s2)CN(C)CC3)c1. The molecule has 0 fully saturated rings. The van der Waals surface area contributed by atoms with Crippen molar-refractivity contribution in [3.8, 4) is 0 Å². The Morgan fingerprint density at radius 2 is 1.96 bits per heavy atom. The molecule has 0 unspecified atom stereocenters. The molecule has 3 rings (SSSR count). The molecule has 2 aromatic rings. The van der Waals surface area contributed by atoms with Gasteiger partial charge in [-0.25, -0.2) is 4.98 Å². The van der Waals surface area contributed by atoms with E-state index in [4.69, 9.17) is 0 Å². The quantitative estimate of drug-likeness (QED) is 0.820. The van der Waals surface area contributed by atoms with Crippen LogP contribution >= 0.6 is 11.3 Å². The smallest absolute Gasteiger partial charge is 0.315 e. The van der Waals surface area contributed by atoms with E-state index in [9.17, 15) is 9.59 Å². The van der Waals surface area contributed by atoms with Crippen LogP contribution in [0.3, 0.4) is 0 Å². The van der Waals surface area contributed by atoms with Gasteiger partial charge in [0, 0.05) is 30.1 Å². The van der Waals surface area contributed by atoms with Gasteiger partial charge in [0.05, 0.1) is 5.69 Å². The number of amides is 2. The maximum absolute atomic E-state index is 12.1. The molecular weight excluding hydrogens is 324 g/mol. The van der Waals surface area contributed by atoms with Gasteiger partial charge in [0.25, 0.3) is 0 Å². The predicted molar refractivity (Wildman–Crippen MR) is 95.3 cm³/mol. The minimum Gasteiger partial charge on any atom is -0.318 e. The number of aryl methyl sites for hydroxylation is 2. The molecule has 0 bridgehead atoms. The van der Waals surface area contributed by atoms with Crippen LogP contribution in [0.4, 0.5) is 10.8 Å². The number of hydrogen-bond acceptors (Lipinski definition) is 5. The Labute approximate surface area is 144 Å². The molecule has 1 aliphatic rings. The highest BCUT2D eigenvalue weighted by atomic mass is 32.1. The maximum Gasteiger partial charge on any atom is 0.315 e. The molecule has 0 saturated heterocycles. The van der Waals surface area contributed by atoms with Crippen molar-refractivity contribution < 1.29 is 9.59 Å². The van der Waals surface area contributed by atoms with Crippen molar-refractivity contribution in [1.82, 2.24) is 9.88 Å². The molecule has 2 amide bonds. The van der Waals surface area contributed by atoms with E-state index in [-0.39, 0.29) is 0 Å². The number of carbonyl (C=O) groups excluding carboxylic acids is 2. The summed E-state index contributed by atoms with van der Waals surface area (Å²) in [5, 5.41) is 5.75. The topological polar surface area (TPSA) is 74.3 Å².